The summed E-state index contributed by atoms with van der Waals surface area (Å²) in [4.78, 5) is 4.20. The molecule has 1 aliphatic rings. The van der Waals surface area contributed by atoms with E-state index in [0.717, 1.165) is 0 Å². The molecule has 29 heavy (non-hydrogen) atoms. The van der Waals surface area contributed by atoms with E-state index in [1.807, 2.05) is 11.3 Å². The summed E-state index contributed by atoms with van der Waals surface area (Å²) in [6.07, 6.45) is 22.7. The van der Waals surface area contributed by atoms with Crippen LogP contribution in [0, 0.1) is 6.92 Å². The Morgan fingerprint density at radius 1 is 0.793 bits per heavy atom. The van der Waals surface area contributed by atoms with Gasteiger partial charge in [0, 0.05) is 12.8 Å². The highest BCUT2D eigenvalue weighted by molar-refractivity contribution is 7.15. The lowest BCUT2D eigenvalue weighted by Crippen LogP contribution is -3.00. The van der Waals surface area contributed by atoms with E-state index in [0.29, 0.717) is 0 Å². The SMILES string of the molecule is CCCCCCCCCCCCCCCCN1CCC[n+]2c1sc(C)c2CC.[Br-]. The van der Waals surface area contributed by atoms with Crippen molar-refractivity contribution < 1.29 is 21.5 Å². The van der Waals surface area contributed by atoms with Gasteiger partial charge in [-0.1, -0.05) is 102 Å². The molecule has 0 radical (unpaired) electrons. The summed E-state index contributed by atoms with van der Waals surface area (Å²) in [7, 11) is 0. The van der Waals surface area contributed by atoms with E-state index in [1.165, 1.54) is 132 Å². The summed E-state index contributed by atoms with van der Waals surface area (Å²) in [5.74, 6) is 0. The molecule has 170 valence electrons. The van der Waals surface area contributed by atoms with E-state index < -0.39 is 0 Å². The first-order valence-electron chi connectivity index (χ1n) is 12.5. The highest BCUT2D eigenvalue weighted by Crippen LogP contribution is 2.27. The maximum atomic E-state index is 2.67. The van der Waals surface area contributed by atoms with Crippen LogP contribution in [-0.2, 0) is 13.0 Å². The predicted octanol–water partition coefficient (Wildman–Crippen LogP) is 4.60. The van der Waals surface area contributed by atoms with Crippen molar-refractivity contribution in [1.82, 2.24) is 0 Å². The van der Waals surface area contributed by atoms with E-state index in [9.17, 15) is 0 Å². The molecule has 0 aromatic carbocycles. The zero-order chi connectivity index (χ0) is 20.0. The molecule has 4 heteroatoms. The van der Waals surface area contributed by atoms with Crippen molar-refractivity contribution in [2.75, 3.05) is 18.0 Å². The molecule has 0 N–H and O–H groups in total. The Bertz CT molecular complexity index is 529. The smallest absolute Gasteiger partial charge is 0.336 e. The van der Waals surface area contributed by atoms with Gasteiger partial charge in [-0.15, -0.1) is 0 Å². The fourth-order valence-corrected chi connectivity index (χ4v) is 5.95. The van der Waals surface area contributed by atoms with Crippen molar-refractivity contribution in [2.45, 2.75) is 130 Å². The zero-order valence-electron chi connectivity index (χ0n) is 19.6. The third-order valence-electron chi connectivity index (χ3n) is 6.40. The summed E-state index contributed by atoms with van der Waals surface area (Å²) in [6.45, 7) is 10.7. The summed E-state index contributed by atoms with van der Waals surface area (Å²) in [6, 6.07) is 0. The molecular weight excluding hydrogens is 440 g/mol. The van der Waals surface area contributed by atoms with Gasteiger partial charge in [0.2, 0.25) is 0 Å². The van der Waals surface area contributed by atoms with Crippen LogP contribution in [0.5, 0.6) is 0 Å². The molecule has 2 nitrogen and oxygen atoms in total. The van der Waals surface area contributed by atoms with Gasteiger partial charge in [-0.2, -0.15) is 0 Å². The lowest BCUT2D eigenvalue weighted by Gasteiger charge is -2.21. The Morgan fingerprint density at radius 2 is 1.31 bits per heavy atom. The van der Waals surface area contributed by atoms with E-state index in [1.54, 1.807) is 5.69 Å². The van der Waals surface area contributed by atoms with Gasteiger partial charge in [-0.3, -0.25) is 4.90 Å². The van der Waals surface area contributed by atoms with Crippen LogP contribution in [0.2, 0.25) is 0 Å². The second-order valence-electron chi connectivity index (χ2n) is 8.83. The number of fused-ring (bicyclic) bond motifs is 1. The standard InChI is InChI=1S/C25H47N2S.BrH/c1-4-6-7-8-9-10-11-12-13-14-15-16-17-18-20-26-21-19-22-27-24(5-2)23(3)28-25(26)27;/h4-22H2,1-3H3;1H/q+1;/p-1. The molecule has 0 spiro atoms. The van der Waals surface area contributed by atoms with Crippen LogP contribution in [0.3, 0.4) is 0 Å². The number of rotatable bonds is 16. The minimum Gasteiger partial charge on any atom is -1.00 e. The van der Waals surface area contributed by atoms with Gasteiger partial charge >= 0.3 is 5.13 Å². The number of unbranched alkanes of at least 4 members (excludes halogenated alkanes) is 13. The van der Waals surface area contributed by atoms with E-state index in [2.05, 4.69) is 30.2 Å². The van der Waals surface area contributed by atoms with Gasteiger partial charge < -0.3 is 17.0 Å². The monoisotopic (exact) mass is 486 g/mol. The lowest BCUT2D eigenvalue weighted by atomic mass is 10.0. The molecule has 1 aliphatic heterocycles. The molecule has 0 aliphatic carbocycles. The maximum Gasteiger partial charge on any atom is 0.336 e. The van der Waals surface area contributed by atoms with E-state index in [4.69, 9.17) is 0 Å². The number of hydrogen-bond acceptors (Lipinski definition) is 2. The van der Waals surface area contributed by atoms with Crippen molar-refractivity contribution >= 4 is 16.5 Å². The Hall–Kier alpha value is -0.0900. The van der Waals surface area contributed by atoms with E-state index in [-0.39, 0.29) is 17.0 Å². The molecule has 0 amide bonds. The van der Waals surface area contributed by atoms with Crippen LogP contribution in [-0.4, -0.2) is 13.1 Å². The number of anilines is 1. The molecule has 0 saturated heterocycles. The van der Waals surface area contributed by atoms with Crippen molar-refractivity contribution in [2.24, 2.45) is 0 Å². The first-order chi connectivity index (χ1) is 13.8. The topological polar surface area (TPSA) is 7.12 Å². The summed E-state index contributed by atoms with van der Waals surface area (Å²) >= 11 is 2.02. The Kier molecular flexibility index (Phi) is 15.4. The summed E-state index contributed by atoms with van der Waals surface area (Å²) in [5, 5.41) is 1.54. The quantitative estimate of drug-likeness (QED) is 0.244. The first kappa shape index (κ1) is 26.9. The van der Waals surface area contributed by atoms with Gasteiger partial charge in [0.25, 0.3) is 0 Å². The van der Waals surface area contributed by atoms with Crippen LogP contribution in [0.25, 0.3) is 0 Å². The average Bonchev–Trinajstić information content (AvgIpc) is 3.04. The first-order valence-corrected chi connectivity index (χ1v) is 13.4. The molecule has 2 heterocycles. The number of aryl methyl sites for hydroxylation is 1. The lowest BCUT2D eigenvalue weighted by molar-refractivity contribution is -0.691. The average molecular weight is 488 g/mol. The molecule has 2 rings (SSSR count). The number of aromatic nitrogens is 1. The van der Waals surface area contributed by atoms with Gasteiger partial charge in [0.1, 0.15) is 5.69 Å². The fraction of sp³-hybridized carbons (Fsp3) is 0.880. The molecular formula is C25H47BrN2S. The van der Waals surface area contributed by atoms with Crippen molar-refractivity contribution in [3.05, 3.63) is 10.6 Å². The minimum absolute atomic E-state index is 0. The van der Waals surface area contributed by atoms with Crippen LogP contribution in [0.4, 0.5) is 5.13 Å². The van der Waals surface area contributed by atoms with Gasteiger partial charge in [-0.25, -0.2) is 4.57 Å². The summed E-state index contributed by atoms with van der Waals surface area (Å²) in [5.41, 5.74) is 1.57. The number of halogens is 1. The third kappa shape index (κ3) is 9.72. The van der Waals surface area contributed by atoms with Crippen LogP contribution >= 0.6 is 11.3 Å². The molecule has 0 bridgehead atoms. The van der Waals surface area contributed by atoms with Crippen LogP contribution in [0.15, 0.2) is 0 Å². The van der Waals surface area contributed by atoms with Crippen LogP contribution in [0.1, 0.15) is 121 Å². The molecule has 1 aromatic heterocycles. The molecule has 0 unspecified atom stereocenters. The van der Waals surface area contributed by atoms with Crippen molar-refractivity contribution in [3.63, 3.8) is 0 Å². The van der Waals surface area contributed by atoms with Gasteiger partial charge in [0.15, 0.2) is 0 Å². The third-order valence-corrected chi connectivity index (χ3v) is 7.61. The normalized spacial score (nSPS) is 13.4. The minimum atomic E-state index is 0. The highest BCUT2D eigenvalue weighted by atomic mass is 79.9. The number of nitrogens with zero attached hydrogens (tertiary/aromatic N) is 2. The Morgan fingerprint density at radius 3 is 1.83 bits per heavy atom. The van der Waals surface area contributed by atoms with Gasteiger partial charge in [0.05, 0.1) is 24.5 Å². The van der Waals surface area contributed by atoms with Crippen LogP contribution < -0.4 is 26.4 Å². The zero-order valence-corrected chi connectivity index (χ0v) is 22.0. The number of thiazole rings is 1. The second kappa shape index (κ2) is 16.6. The summed E-state index contributed by atoms with van der Waals surface area (Å²) < 4.78 is 2.60. The van der Waals surface area contributed by atoms with Crippen molar-refractivity contribution in [3.8, 4) is 0 Å². The molecule has 0 fully saturated rings. The predicted molar refractivity (Wildman–Crippen MR) is 126 cm³/mol. The van der Waals surface area contributed by atoms with Crippen molar-refractivity contribution in [1.29, 1.82) is 0 Å². The number of hydrogen-bond donors (Lipinski definition) is 0. The maximum absolute atomic E-state index is 2.67. The van der Waals surface area contributed by atoms with E-state index >= 15 is 0 Å². The van der Waals surface area contributed by atoms with Gasteiger partial charge in [-0.05, 0) is 19.8 Å². The highest BCUT2D eigenvalue weighted by Gasteiger charge is 2.29. The Balaban J connectivity index is 0.00000420. The Labute approximate surface area is 196 Å². The molecule has 0 atom stereocenters. The molecule has 0 saturated carbocycles. The fourth-order valence-electron chi connectivity index (χ4n) is 4.68. The largest absolute Gasteiger partial charge is 1.00 e. The molecule has 1 aromatic rings. The second-order valence-corrected chi connectivity index (χ2v) is 10.0.